The van der Waals surface area contributed by atoms with Gasteiger partial charge in [-0.15, -0.1) is 11.3 Å². The first-order chi connectivity index (χ1) is 11.6. The average molecular weight is 339 g/mol. The summed E-state index contributed by atoms with van der Waals surface area (Å²) in [5.74, 6) is -0.942. The lowest BCUT2D eigenvalue weighted by Crippen LogP contribution is -2.14. The van der Waals surface area contributed by atoms with Gasteiger partial charge in [0.2, 0.25) is 0 Å². The lowest BCUT2D eigenvalue weighted by atomic mass is 10.1. The number of aromatic carboxylic acids is 1. The van der Waals surface area contributed by atoms with Gasteiger partial charge < -0.3 is 15.4 Å². The van der Waals surface area contributed by atoms with Crippen LogP contribution in [0.3, 0.4) is 0 Å². The first-order valence-corrected chi connectivity index (χ1v) is 8.39. The molecule has 0 amide bonds. The van der Waals surface area contributed by atoms with Crippen LogP contribution in [0.2, 0.25) is 0 Å². The Morgan fingerprint density at radius 3 is 2.54 bits per heavy atom. The van der Waals surface area contributed by atoms with Crippen molar-refractivity contribution in [2.75, 3.05) is 5.73 Å². The molecule has 1 heterocycles. The number of benzene rings is 2. The molecule has 0 aliphatic carbocycles. The molecule has 3 rings (SSSR count). The number of rotatable bonds is 4. The predicted octanol–water partition coefficient (Wildman–Crippen LogP) is 3.75. The van der Waals surface area contributed by atoms with Gasteiger partial charge in [-0.3, -0.25) is 0 Å². The number of nitrogens with two attached hydrogens (primary N) is 1. The van der Waals surface area contributed by atoms with E-state index in [4.69, 9.17) is 10.8 Å². The van der Waals surface area contributed by atoms with Gasteiger partial charge in [-0.2, -0.15) is 0 Å². The van der Waals surface area contributed by atoms with E-state index >= 15 is 0 Å². The molecule has 122 valence electrons. The average Bonchev–Trinajstić information content (AvgIpc) is 2.98. The SMILES string of the molecule is CCn1c(-c2ccccc2N)csc1=Nc1ccc(C(=O)O)cc1. The summed E-state index contributed by atoms with van der Waals surface area (Å²) >= 11 is 1.53. The van der Waals surface area contributed by atoms with Gasteiger partial charge in [0.1, 0.15) is 0 Å². The molecule has 0 saturated carbocycles. The first kappa shape index (κ1) is 16.0. The number of carboxylic acid groups (broad SMARTS) is 1. The molecule has 6 heteroatoms. The fourth-order valence-corrected chi connectivity index (χ4v) is 3.44. The monoisotopic (exact) mass is 339 g/mol. The normalized spacial score (nSPS) is 11.6. The molecular formula is C18H17N3O2S. The molecule has 0 atom stereocenters. The number of carbonyl (C=O) groups is 1. The highest BCUT2D eigenvalue weighted by Gasteiger charge is 2.09. The number of carboxylic acids is 1. The Balaban J connectivity index is 2.06. The van der Waals surface area contributed by atoms with Crippen LogP contribution in [0.5, 0.6) is 0 Å². The largest absolute Gasteiger partial charge is 0.478 e. The molecule has 1 aromatic heterocycles. The second kappa shape index (κ2) is 6.72. The molecule has 3 aromatic rings. The summed E-state index contributed by atoms with van der Waals surface area (Å²) in [6.07, 6.45) is 0. The molecule has 0 radical (unpaired) electrons. The van der Waals surface area contributed by atoms with Gasteiger partial charge in [-0.1, -0.05) is 18.2 Å². The van der Waals surface area contributed by atoms with E-state index in [9.17, 15) is 4.79 Å². The van der Waals surface area contributed by atoms with Crippen molar-refractivity contribution in [3.05, 3.63) is 64.3 Å². The zero-order chi connectivity index (χ0) is 17.1. The molecular weight excluding hydrogens is 322 g/mol. The molecule has 0 aliphatic rings. The Bertz CT molecular complexity index is 939. The quantitative estimate of drug-likeness (QED) is 0.710. The summed E-state index contributed by atoms with van der Waals surface area (Å²) in [6, 6.07) is 14.3. The number of aromatic nitrogens is 1. The van der Waals surface area contributed by atoms with Crippen molar-refractivity contribution >= 4 is 28.7 Å². The first-order valence-electron chi connectivity index (χ1n) is 7.51. The van der Waals surface area contributed by atoms with Gasteiger partial charge in [0, 0.05) is 23.2 Å². The zero-order valence-corrected chi connectivity index (χ0v) is 14.0. The number of thiazole rings is 1. The Morgan fingerprint density at radius 2 is 1.92 bits per heavy atom. The van der Waals surface area contributed by atoms with Crippen LogP contribution in [0.1, 0.15) is 17.3 Å². The Morgan fingerprint density at radius 1 is 1.21 bits per heavy atom. The van der Waals surface area contributed by atoms with Crippen LogP contribution in [0.4, 0.5) is 11.4 Å². The standard InChI is InChI=1S/C18H17N3O2S/c1-2-21-16(14-5-3-4-6-15(14)19)11-24-18(21)20-13-9-7-12(8-10-13)17(22)23/h3-11H,2,19H2,1H3,(H,22,23). The van der Waals surface area contributed by atoms with Crippen molar-refractivity contribution in [2.45, 2.75) is 13.5 Å². The molecule has 0 saturated heterocycles. The molecule has 2 aromatic carbocycles. The number of hydrogen-bond donors (Lipinski definition) is 2. The van der Waals surface area contributed by atoms with Gasteiger partial charge in [0.15, 0.2) is 4.80 Å². The molecule has 0 bridgehead atoms. The van der Waals surface area contributed by atoms with Crippen molar-refractivity contribution in [3.63, 3.8) is 0 Å². The lowest BCUT2D eigenvalue weighted by molar-refractivity contribution is 0.0697. The van der Waals surface area contributed by atoms with Crippen LogP contribution in [0.15, 0.2) is 58.9 Å². The lowest BCUT2D eigenvalue weighted by Gasteiger charge is -2.08. The Hall–Kier alpha value is -2.86. The van der Waals surface area contributed by atoms with E-state index in [1.807, 2.05) is 29.6 Å². The maximum absolute atomic E-state index is 10.9. The number of nitrogen functional groups attached to an aromatic ring is 1. The van der Waals surface area contributed by atoms with E-state index in [-0.39, 0.29) is 5.56 Å². The second-order valence-corrected chi connectivity index (χ2v) is 6.04. The van der Waals surface area contributed by atoms with Gasteiger partial charge >= 0.3 is 5.97 Å². The molecule has 24 heavy (non-hydrogen) atoms. The highest BCUT2D eigenvalue weighted by molar-refractivity contribution is 7.07. The van der Waals surface area contributed by atoms with E-state index in [1.54, 1.807) is 24.3 Å². The summed E-state index contributed by atoms with van der Waals surface area (Å²) < 4.78 is 2.10. The predicted molar refractivity (Wildman–Crippen MR) is 96.5 cm³/mol. The topological polar surface area (TPSA) is 80.6 Å². The van der Waals surface area contributed by atoms with E-state index < -0.39 is 5.97 Å². The smallest absolute Gasteiger partial charge is 0.335 e. The summed E-state index contributed by atoms with van der Waals surface area (Å²) in [5, 5.41) is 11.0. The third-order valence-electron chi connectivity index (χ3n) is 3.69. The van der Waals surface area contributed by atoms with Crippen LogP contribution in [-0.2, 0) is 6.54 Å². The van der Waals surface area contributed by atoms with Crippen molar-refractivity contribution in [2.24, 2.45) is 4.99 Å². The summed E-state index contributed by atoms with van der Waals surface area (Å²) in [7, 11) is 0. The van der Waals surface area contributed by atoms with Crippen molar-refractivity contribution in [3.8, 4) is 11.3 Å². The van der Waals surface area contributed by atoms with Gasteiger partial charge in [-0.05, 0) is 37.3 Å². The zero-order valence-electron chi connectivity index (χ0n) is 13.1. The van der Waals surface area contributed by atoms with Gasteiger partial charge in [0.05, 0.1) is 16.9 Å². The number of anilines is 1. The summed E-state index contributed by atoms with van der Waals surface area (Å²) in [4.78, 5) is 16.4. The molecule has 0 fully saturated rings. The third kappa shape index (κ3) is 3.09. The number of nitrogens with zero attached hydrogens (tertiary/aromatic N) is 2. The molecule has 0 spiro atoms. The van der Waals surface area contributed by atoms with E-state index in [0.29, 0.717) is 0 Å². The molecule has 5 nitrogen and oxygen atoms in total. The molecule has 3 N–H and O–H groups in total. The Kier molecular flexibility index (Phi) is 4.48. The van der Waals surface area contributed by atoms with E-state index in [2.05, 4.69) is 16.5 Å². The maximum Gasteiger partial charge on any atom is 0.335 e. The van der Waals surface area contributed by atoms with Crippen molar-refractivity contribution in [1.29, 1.82) is 0 Å². The highest BCUT2D eigenvalue weighted by Crippen LogP contribution is 2.26. The van der Waals surface area contributed by atoms with Crippen molar-refractivity contribution < 1.29 is 9.90 Å². The van der Waals surface area contributed by atoms with Gasteiger partial charge in [0.25, 0.3) is 0 Å². The molecule has 0 unspecified atom stereocenters. The van der Waals surface area contributed by atoms with E-state index in [1.165, 1.54) is 11.3 Å². The summed E-state index contributed by atoms with van der Waals surface area (Å²) in [5.41, 5.74) is 9.80. The fourth-order valence-electron chi connectivity index (χ4n) is 2.46. The van der Waals surface area contributed by atoms with Gasteiger partial charge in [-0.25, -0.2) is 9.79 Å². The highest BCUT2D eigenvalue weighted by atomic mass is 32.1. The Labute approximate surface area is 143 Å². The maximum atomic E-state index is 10.9. The van der Waals surface area contributed by atoms with Crippen LogP contribution in [0.25, 0.3) is 11.3 Å². The minimum absolute atomic E-state index is 0.251. The van der Waals surface area contributed by atoms with Crippen LogP contribution in [-0.4, -0.2) is 15.6 Å². The van der Waals surface area contributed by atoms with E-state index in [0.717, 1.165) is 34.0 Å². The second-order valence-electron chi connectivity index (χ2n) is 5.20. The minimum atomic E-state index is -0.942. The van der Waals surface area contributed by atoms with Crippen LogP contribution < -0.4 is 10.5 Å². The minimum Gasteiger partial charge on any atom is -0.478 e. The van der Waals surface area contributed by atoms with Crippen molar-refractivity contribution in [1.82, 2.24) is 4.57 Å². The van der Waals surface area contributed by atoms with Crippen LogP contribution in [0, 0.1) is 0 Å². The molecule has 0 aliphatic heterocycles. The number of hydrogen-bond acceptors (Lipinski definition) is 4. The third-order valence-corrected chi connectivity index (χ3v) is 4.55. The van der Waals surface area contributed by atoms with Crippen LogP contribution >= 0.6 is 11.3 Å². The fraction of sp³-hybridized carbons (Fsp3) is 0.111. The summed E-state index contributed by atoms with van der Waals surface area (Å²) in [6.45, 7) is 2.82. The number of para-hydroxylation sites is 1.